The minimum absolute atomic E-state index is 0.0512. The Balaban J connectivity index is 2.20. The maximum atomic E-state index is 12.9. The van der Waals surface area contributed by atoms with Crippen molar-refractivity contribution in [1.29, 1.82) is 0 Å². The highest BCUT2D eigenvalue weighted by molar-refractivity contribution is 8.01. The summed E-state index contributed by atoms with van der Waals surface area (Å²) in [6, 6.07) is 6.39. The Morgan fingerprint density at radius 1 is 1.33 bits per heavy atom. The van der Waals surface area contributed by atoms with Crippen LogP contribution in [0, 0.1) is 12.7 Å². The van der Waals surface area contributed by atoms with Crippen LogP contribution < -0.4 is 5.73 Å². The fraction of sp³-hybridized carbons (Fsp3) is 0.333. The number of aryl methyl sites for hydroxylation is 1. The number of hydrogen-bond acceptors (Lipinski definition) is 5. The zero-order valence-electron chi connectivity index (χ0n) is 10.1. The van der Waals surface area contributed by atoms with Gasteiger partial charge in [0, 0.05) is 6.04 Å². The molecule has 0 aliphatic heterocycles. The van der Waals surface area contributed by atoms with Crippen molar-refractivity contribution in [2.75, 3.05) is 0 Å². The number of hydrogen-bond donors (Lipinski definition) is 1. The lowest BCUT2D eigenvalue weighted by Crippen LogP contribution is -2.22. The van der Waals surface area contributed by atoms with E-state index in [1.54, 1.807) is 23.9 Å². The number of nitrogens with zero attached hydrogens (tertiary/aromatic N) is 2. The van der Waals surface area contributed by atoms with Gasteiger partial charge in [-0.2, -0.15) is 4.37 Å². The SMILES string of the molecule is Cc1nsc(SC(c2ccc(F)cc2)C(C)N)n1. The van der Waals surface area contributed by atoms with Crippen LogP contribution in [0.2, 0.25) is 0 Å². The summed E-state index contributed by atoms with van der Waals surface area (Å²) in [5, 5.41) is 0.0537. The molecule has 2 N–H and O–H groups in total. The highest BCUT2D eigenvalue weighted by atomic mass is 32.2. The smallest absolute Gasteiger partial charge is 0.170 e. The second kappa shape index (κ2) is 5.77. The van der Waals surface area contributed by atoms with Crippen LogP contribution in [0.15, 0.2) is 28.6 Å². The maximum absolute atomic E-state index is 12.9. The molecule has 1 aromatic carbocycles. The summed E-state index contributed by atoms with van der Waals surface area (Å²) in [5.41, 5.74) is 7.01. The fourth-order valence-corrected chi connectivity index (χ4v) is 3.49. The van der Waals surface area contributed by atoms with Crippen LogP contribution in [0.3, 0.4) is 0 Å². The van der Waals surface area contributed by atoms with Crippen LogP contribution in [0.1, 0.15) is 23.6 Å². The van der Waals surface area contributed by atoms with Gasteiger partial charge in [0.15, 0.2) is 4.34 Å². The lowest BCUT2D eigenvalue weighted by Gasteiger charge is -2.19. The highest BCUT2D eigenvalue weighted by Gasteiger charge is 2.19. The van der Waals surface area contributed by atoms with Gasteiger partial charge in [0.05, 0.1) is 5.25 Å². The summed E-state index contributed by atoms with van der Waals surface area (Å²) in [7, 11) is 0. The van der Waals surface area contributed by atoms with E-state index < -0.39 is 0 Å². The summed E-state index contributed by atoms with van der Waals surface area (Å²) >= 11 is 2.94. The predicted octanol–water partition coefficient (Wildman–Crippen LogP) is 3.17. The van der Waals surface area contributed by atoms with E-state index in [9.17, 15) is 4.39 Å². The van der Waals surface area contributed by atoms with Crippen molar-refractivity contribution in [1.82, 2.24) is 9.36 Å². The topological polar surface area (TPSA) is 51.8 Å². The van der Waals surface area contributed by atoms with Gasteiger partial charge in [0.25, 0.3) is 0 Å². The van der Waals surface area contributed by atoms with Crippen molar-refractivity contribution in [3.8, 4) is 0 Å². The molecule has 0 fully saturated rings. The molecule has 0 spiro atoms. The molecule has 2 aromatic rings. The molecule has 1 aromatic heterocycles. The second-order valence-electron chi connectivity index (χ2n) is 4.06. The molecule has 0 saturated carbocycles. The van der Waals surface area contributed by atoms with Crippen molar-refractivity contribution in [3.63, 3.8) is 0 Å². The molecule has 1 heterocycles. The van der Waals surface area contributed by atoms with Crippen molar-refractivity contribution >= 4 is 23.3 Å². The minimum Gasteiger partial charge on any atom is -0.327 e. The zero-order valence-corrected chi connectivity index (χ0v) is 11.8. The number of benzene rings is 1. The Morgan fingerprint density at radius 2 is 2.00 bits per heavy atom. The van der Waals surface area contributed by atoms with Gasteiger partial charge in [0.1, 0.15) is 11.6 Å². The lowest BCUT2D eigenvalue weighted by molar-refractivity contribution is 0.625. The quantitative estimate of drug-likeness (QED) is 0.876. The van der Waals surface area contributed by atoms with E-state index in [0.29, 0.717) is 0 Å². The van der Waals surface area contributed by atoms with Crippen molar-refractivity contribution < 1.29 is 4.39 Å². The first-order chi connectivity index (χ1) is 8.56. The summed E-state index contributed by atoms with van der Waals surface area (Å²) in [5.74, 6) is 0.531. The molecule has 2 atom stereocenters. The Hall–Kier alpha value is -0.980. The average molecular weight is 283 g/mol. The molecule has 96 valence electrons. The molecular formula is C12H14FN3S2. The molecule has 0 bridgehead atoms. The Labute approximate surface area is 114 Å². The van der Waals surface area contributed by atoms with E-state index in [2.05, 4.69) is 9.36 Å². The first-order valence-corrected chi connectivity index (χ1v) is 7.19. The summed E-state index contributed by atoms with van der Waals surface area (Å²) in [4.78, 5) is 4.32. The van der Waals surface area contributed by atoms with Crippen molar-refractivity contribution in [2.24, 2.45) is 5.73 Å². The van der Waals surface area contributed by atoms with Gasteiger partial charge in [-0.25, -0.2) is 9.37 Å². The van der Waals surface area contributed by atoms with Crippen LogP contribution in [0.5, 0.6) is 0 Å². The van der Waals surface area contributed by atoms with Gasteiger partial charge < -0.3 is 5.73 Å². The number of rotatable bonds is 4. The van der Waals surface area contributed by atoms with Gasteiger partial charge in [-0.05, 0) is 43.1 Å². The summed E-state index contributed by atoms with van der Waals surface area (Å²) in [6.07, 6.45) is 0. The summed E-state index contributed by atoms with van der Waals surface area (Å²) < 4.78 is 18.0. The first kappa shape index (κ1) is 13.5. The van der Waals surface area contributed by atoms with Crippen molar-refractivity contribution in [2.45, 2.75) is 29.5 Å². The predicted molar refractivity (Wildman–Crippen MR) is 73.3 cm³/mol. The monoisotopic (exact) mass is 283 g/mol. The molecule has 6 heteroatoms. The number of thioether (sulfide) groups is 1. The Morgan fingerprint density at radius 3 is 2.50 bits per heavy atom. The molecule has 2 rings (SSSR count). The molecule has 18 heavy (non-hydrogen) atoms. The van der Waals surface area contributed by atoms with Crippen LogP contribution in [-0.2, 0) is 0 Å². The minimum atomic E-state index is -0.237. The van der Waals surface area contributed by atoms with Gasteiger partial charge in [-0.3, -0.25) is 0 Å². The van der Waals surface area contributed by atoms with Crippen LogP contribution >= 0.6 is 23.3 Å². The van der Waals surface area contributed by atoms with Crippen LogP contribution in [0.25, 0.3) is 0 Å². The van der Waals surface area contributed by atoms with Gasteiger partial charge in [-0.15, -0.1) is 0 Å². The lowest BCUT2D eigenvalue weighted by atomic mass is 10.1. The highest BCUT2D eigenvalue weighted by Crippen LogP contribution is 2.37. The van der Waals surface area contributed by atoms with Crippen LogP contribution in [0.4, 0.5) is 4.39 Å². The Kier molecular flexibility index (Phi) is 4.31. The molecule has 0 saturated heterocycles. The number of aromatic nitrogens is 2. The van der Waals surface area contributed by atoms with Gasteiger partial charge >= 0.3 is 0 Å². The van der Waals surface area contributed by atoms with E-state index in [1.165, 1.54) is 23.7 Å². The standard InChI is InChI=1S/C12H14FN3S2/c1-7(14)11(9-3-5-10(13)6-4-9)17-12-15-8(2)16-18-12/h3-7,11H,14H2,1-2H3. The molecule has 0 amide bonds. The third-order valence-electron chi connectivity index (χ3n) is 2.41. The molecule has 0 aliphatic rings. The van der Waals surface area contributed by atoms with Gasteiger partial charge in [-0.1, -0.05) is 23.9 Å². The number of halogens is 1. The van der Waals surface area contributed by atoms with Crippen LogP contribution in [-0.4, -0.2) is 15.4 Å². The van der Waals surface area contributed by atoms with E-state index in [4.69, 9.17) is 5.73 Å². The van der Waals surface area contributed by atoms with E-state index in [0.717, 1.165) is 15.7 Å². The molecule has 3 nitrogen and oxygen atoms in total. The average Bonchev–Trinajstić information content (AvgIpc) is 2.73. The third-order valence-corrected chi connectivity index (χ3v) is 4.78. The summed E-state index contributed by atoms with van der Waals surface area (Å²) in [6.45, 7) is 3.80. The normalized spacial score (nSPS) is 14.4. The maximum Gasteiger partial charge on any atom is 0.170 e. The molecule has 2 unspecified atom stereocenters. The Bertz CT molecular complexity index is 510. The van der Waals surface area contributed by atoms with E-state index >= 15 is 0 Å². The third kappa shape index (κ3) is 3.28. The second-order valence-corrected chi connectivity index (χ2v) is 6.20. The molecule has 0 radical (unpaired) electrons. The zero-order chi connectivity index (χ0) is 13.1. The molecule has 0 aliphatic carbocycles. The van der Waals surface area contributed by atoms with Gasteiger partial charge in [0.2, 0.25) is 0 Å². The first-order valence-electron chi connectivity index (χ1n) is 5.54. The van der Waals surface area contributed by atoms with E-state index in [1.807, 2.05) is 13.8 Å². The number of nitrogens with two attached hydrogens (primary N) is 1. The van der Waals surface area contributed by atoms with Crippen molar-refractivity contribution in [3.05, 3.63) is 41.5 Å². The van der Waals surface area contributed by atoms with E-state index in [-0.39, 0.29) is 17.1 Å². The molecular weight excluding hydrogens is 269 g/mol. The fourth-order valence-electron chi connectivity index (χ4n) is 1.57. The largest absolute Gasteiger partial charge is 0.327 e.